The lowest BCUT2D eigenvalue weighted by atomic mass is 10.1. The summed E-state index contributed by atoms with van der Waals surface area (Å²) in [5.41, 5.74) is 0.985. The number of ether oxygens (including phenoxy) is 2. The van der Waals surface area contributed by atoms with Crippen molar-refractivity contribution in [2.75, 3.05) is 13.7 Å². The van der Waals surface area contributed by atoms with Crippen molar-refractivity contribution >= 4 is 27.0 Å². The van der Waals surface area contributed by atoms with Crippen molar-refractivity contribution in [2.45, 2.75) is 44.3 Å². The molecule has 2 N–H and O–H groups in total. The predicted molar refractivity (Wildman–Crippen MR) is 121 cm³/mol. The molecule has 1 aromatic heterocycles. The number of methoxy groups -OCH3 is 1. The minimum atomic E-state index is -3.92. The van der Waals surface area contributed by atoms with Crippen LogP contribution in [0.25, 0.3) is 10.9 Å². The Balaban J connectivity index is 2.01. The molecule has 0 unspecified atom stereocenters. The second-order valence-electron chi connectivity index (χ2n) is 8.48. The normalized spacial score (nSPS) is 13.1. The van der Waals surface area contributed by atoms with Crippen molar-refractivity contribution in [1.82, 2.24) is 9.29 Å². The number of benzene rings is 2. The Bertz CT molecular complexity index is 1220. The molecule has 0 saturated heterocycles. The zero-order chi connectivity index (χ0) is 23.7. The summed E-state index contributed by atoms with van der Waals surface area (Å²) in [4.78, 5) is 12.1. The monoisotopic (exact) mass is 460 g/mol. The van der Waals surface area contributed by atoms with Crippen molar-refractivity contribution in [2.24, 2.45) is 0 Å². The van der Waals surface area contributed by atoms with Gasteiger partial charge in [0.25, 0.3) is 10.0 Å². The molecule has 0 aliphatic rings. The number of aromatic nitrogens is 1. The van der Waals surface area contributed by atoms with Gasteiger partial charge in [0, 0.05) is 17.1 Å². The van der Waals surface area contributed by atoms with Crippen LogP contribution in [0.3, 0.4) is 0 Å². The molecule has 0 radical (unpaired) electrons. The van der Waals surface area contributed by atoms with Crippen LogP contribution in [0.5, 0.6) is 5.75 Å². The Morgan fingerprint density at radius 3 is 2.41 bits per heavy atom. The minimum Gasteiger partial charge on any atom is -0.497 e. The van der Waals surface area contributed by atoms with Crippen LogP contribution in [0.15, 0.2) is 53.6 Å². The number of alkyl carbamates (subject to hydrolysis) is 1. The zero-order valence-corrected chi connectivity index (χ0v) is 19.6. The third-order valence-corrected chi connectivity index (χ3v) is 6.47. The van der Waals surface area contributed by atoms with Crippen LogP contribution in [0.2, 0.25) is 0 Å². The highest BCUT2D eigenvalue weighted by Gasteiger charge is 2.25. The maximum Gasteiger partial charge on any atom is 0.407 e. The largest absolute Gasteiger partial charge is 0.497 e. The molecule has 1 heterocycles. The lowest BCUT2D eigenvalue weighted by Crippen LogP contribution is -2.34. The molecule has 32 heavy (non-hydrogen) atoms. The maximum atomic E-state index is 13.3. The fourth-order valence-corrected chi connectivity index (χ4v) is 4.60. The second kappa shape index (κ2) is 8.84. The minimum absolute atomic E-state index is 0.128. The van der Waals surface area contributed by atoms with Gasteiger partial charge in [0.15, 0.2) is 0 Å². The summed E-state index contributed by atoms with van der Waals surface area (Å²) in [5, 5.41) is 13.8. The summed E-state index contributed by atoms with van der Waals surface area (Å²) in [5.74, 6) is 0.511. The Hall–Kier alpha value is -3.04. The second-order valence-corrected chi connectivity index (χ2v) is 10.3. The molecular formula is C23H28N2O6S. The third kappa shape index (κ3) is 5.05. The number of amides is 1. The molecule has 2 aromatic carbocycles. The highest BCUT2D eigenvalue weighted by atomic mass is 32.2. The van der Waals surface area contributed by atoms with Crippen LogP contribution >= 0.6 is 0 Å². The first-order valence-electron chi connectivity index (χ1n) is 10.1. The first-order chi connectivity index (χ1) is 14.9. The average molecular weight is 461 g/mol. The molecule has 3 aromatic rings. The molecule has 0 bridgehead atoms. The predicted octanol–water partition coefficient (Wildman–Crippen LogP) is 3.75. The van der Waals surface area contributed by atoms with Crippen LogP contribution in [0.1, 0.15) is 38.0 Å². The van der Waals surface area contributed by atoms with Crippen molar-refractivity contribution < 1.29 is 27.8 Å². The van der Waals surface area contributed by atoms with Crippen LogP contribution < -0.4 is 10.1 Å². The molecule has 1 atom stereocenters. The first-order valence-corrected chi connectivity index (χ1v) is 11.5. The molecule has 0 saturated carbocycles. The zero-order valence-electron chi connectivity index (χ0n) is 18.7. The first kappa shape index (κ1) is 23.6. The molecule has 1 amide bonds. The third-order valence-electron chi connectivity index (χ3n) is 4.78. The number of fused-ring (bicyclic) bond motifs is 1. The summed E-state index contributed by atoms with van der Waals surface area (Å²) in [6.45, 7) is 6.92. The fourth-order valence-electron chi connectivity index (χ4n) is 3.22. The van der Waals surface area contributed by atoms with Gasteiger partial charge in [0.2, 0.25) is 0 Å². The van der Waals surface area contributed by atoms with Gasteiger partial charge < -0.3 is 19.9 Å². The summed E-state index contributed by atoms with van der Waals surface area (Å²) < 4.78 is 38.3. The molecular weight excluding hydrogens is 432 g/mol. The molecule has 0 fully saturated rings. The highest BCUT2D eigenvalue weighted by molar-refractivity contribution is 7.90. The molecule has 0 spiro atoms. The van der Waals surface area contributed by atoms with E-state index in [2.05, 4.69) is 5.32 Å². The molecule has 0 aliphatic heterocycles. The van der Waals surface area contributed by atoms with Crippen LogP contribution in [-0.2, 0) is 14.8 Å². The van der Waals surface area contributed by atoms with Gasteiger partial charge in [-0.2, -0.15) is 0 Å². The molecule has 3 rings (SSSR count). The Kier molecular flexibility index (Phi) is 6.52. The Morgan fingerprint density at radius 1 is 1.16 bits per heavy atom. The van der Waals surface area contributed by atoms with Gasteiger partial charge in [0.05, 0.1) is 30.2 Å². The van der Waals surface area contributed by atoms with Gasteiger partial charge in [-0.25, -0.2) is 17.2 Å². The number of carbonyl (C=O) groups excluding carboxylic acids is 1. The van der Waals surface area contributed by atoms with Gasteiger partial charge in [-0.15, -0.1) is 0 Å². The van der Waals surface area contributed by atoms with E-state index in [-0.39, 0.29) is 11.4 Å². The Labute approximate surface area is 187 Å². The molecule has 8 nitrogen and oxygen atoms in total. The molecule has 9 heteroatoms. The summed E-state index contributed by atoms with van der Waals surface area (Å²) in [6, 6.07) is 11.5. The number of aryl methyl sites for hydroxylation is 1. The van der Waals surface area contributed by atoms with Gasteiger partial charge in [-0.05, 0) is 58.0 Å². The number of rotatable bonds is 6. The summed E-state index contributed by atoms with van der Waals surface area (Å²) >= 11 is 0. The number of hydrogen-bond donors (Lipinski definition) is 2. The SMILES string of the molecule is COc1ccc2c(c1)c([C@H](O)CNC(=O)OC(C)(C)C)cn2S(=O)(=O)c1ccc(C)cc1. The number of nitrogens with zero attached hydrogens (tertiary/aromatic N) is 1. The number of aliphatic hydroxyl groups excluding tert-OH is 1. The van der Waals surface area contributed by atoms with E-state index in [0.717, 1.165) is 9.54 Å². The maximum absolute atomic E-state index is 13.3. The van der Waals surface area contributed by atoms with E-state index in [4.69, 9.17) is 9.47 Å². The number of aliphatic hydroxyl groups is 1. The van der Waals surface area contributed by atoms with Crippen molar-refractivity contribution in [3.8, 4) is 5.75 Å². The van der Waals surface area contributed by atoms with Crippen LogP contribution in [0.4, 0.5) is 4.79 Å². The Morgan fingerprint density at radius 2 is 1.81 bits per heavy atom. The van der Waals surface area contributed by atoms with Gasteiger partial charge in [-0.3, -0.25) is 0 Å². The number of carbonyl (C=O) groups is 1. The smallest absolute Gasteiger partial charge is 0.407 e. The van der Waals surface area contributed by atoms with Crippen LogP contribution in [0, 0.1) is 6.92 Å². The summed E-state index contributed by atoms with van der Waals surface area (Å²) in [7, 11) is -2.42. The lowest BCUT2D eigenvalue weighted by Gasteiger charge is -2.20. The quantitative estimate of drug-likeness (QED) is 0.580. The van der Waals surface area contributed by atoms with Crippen molar-refractivity contribution in [3.05, 3.63) is 59.8 Å². The highest BCUT2D eigenvalue weighted by Crippen LogP contribution is 2.32. The van der Waals surface area contributed by atoms with E-state index in [9.17, 15) is 18.3 Å². The van der Waals surface area contributed by atoms with Crippen LogP contribution in [-0.4, -0.2) is 42.8 Å². The van der Waals surface area contributed by atoms with E-state index in [0.29, 0.717) is 22.2 Å². The van der Waals surface area contributed by atoms with Gasteiger partial charge in [0.1, 0.15) is 11.4 Å². The van der Waals surface area contributed by atoms with Gasteiger partial charge in [-0.1, -0.05) is 17.7 Å². The van der Waals surface area contributed by atoms with E-state index in [1.54, 1.807) is 63.2 Å². The van der Waals surface area contributed by atoms with Gasteiger partial charge >= 0.3 is 6.09 Å². The fraction of sp³-hybridized carbons (Fsp3) is 0.348. The lowest BCUT2D eigenvalue weighted by molar-refractivity contribution is 0.0492. The van der Waals surface area contributed by atoms with Crippen molar-refractivity contribution in [1.29, 1.82) is 0 Å². The standard InChI is InChI=1S/C23H28N2O6S/c1-15-6-9-17(10-7-15)32(28,29)25-14-19(18-12-16(30-5)8-11-20(18)25)21(26)13-24-22(27)31-23(2,3)4/h6-12,14,21,26H,13H2,1-5H3,(H,24,27)/t21-/m1/s1. The topological polar surface area (TPSA) is 107 Å². The van der Waals surface area contributed by atoms with E-state index in [1.807, 2.05) is 6.92 Å². The molecule has 0 aliphatic carbocycles. The molecule has 172 valence electrons. The van der Waals surface area contributed by atoms with E-state index in [1.165, 1.54) is 13.3 Å². The average Bonchev–Trinajstić information content (AvgIpc) is 3.10. The number of hydrogen-bond acceptors (Lipinski definition) is 6. The summed E-state index contributed by atoms with van der Waals surface area (Å²) in [6.07, 6.45) is -0.475. The number of nitrogens with one attached hydrogen (secondary N) is 1. The van der Waals surface area contributed by atoms with Crippen molar-refractivity contribution in [3.63, 3.8) is 0 Å². The van der Waals surface area contributed by atoms with E-state index < -0.39 is 27.8 Å². The van der Waals surface area contributed by atoms with E-state index >= 15 is 0 Å².